The molecule has 2 heterocycles. The Morgan fingerprint density at radius 1 is 1.20 bits per heavy atom. The van der Waals surface area contributed by atoms with Crippen molar-refractivity contribution in [3.63, 3.8) is 0 Å². The zero-order chi connectivity index (χ0) is 14.7. The van der Waals surface area contributed by atoms with Crippen LogP contribution in [0.2, 0.25) is 0 Å². The number of aromatic nitrogens is 2. The van der Waals surface area contributed by atoms with Crippen molar-refractivity contribution in [2.24, 2.45) is 17.6 Å². The molecular weight excluding hydrogens is 248 g/mol. The van der Waals surface area contributed by atoms with Gasteiger partial charge in [0.25, 0.3) is 0 Å². The van der Waals surface area contributed by atoms with Gasteiger partial charge >= 0.3 is 0 Å². The average molecular weight is 276 g/mol. The zero-order valence-corrected chi connectivity index (χ0v) is 13.3. The molecule has 2 N–H and O–H groups in total. The summed E-state index contributed by atoms with van der Waals surface area (Å²) in [5.74, 6) is 2.62. The van der Waals surface area contributed by atoms with Gasteiger partial charge in [0.1, 0.15) is 0 Å². The summed E-state index contributed by atoms with van der Waals surface area (Å²) in [6.45, 7) is 11.5. The highest BCUT2D eigenvalue weighted by molar-refractivity contribution is 5.50. The van der Waals surface area contributed by atoms with Crippen LogP contribution in [0.3, 0.4) is 0 Å². The summed E-state index contributed by atoms with van der Waals surface area (Å²) in [6, 6.07) is 0. The maximum atomic E-state index is 5.95. The van der Waals surface area contributed by atoms with E-state index in [0.29, 0.717) is 6.54 Å². The van der Waals surface area contributed by atoms with E-state index >= 15 is 0 Å². The van der Waals surface area contributed by atoms with Gasteiger partial charge < -0.3 is 10.6 Å². The van der Waals surface area contributed by atoms with Gasteiger partial charge in [0.15, 0.2) is 5.82 Å². The molecule has 1 unspecified atom stereocenters. The van der Waals surface area contributed by atoms with Crippen LogP contribution in [-0.2, 0) is 6.54 Å². The Hall–Kier alpha value is -1.16. The van der Waals surface area contributed by atoms with Crippen molar-refractivity contribution in [1.82, 2.24) is 10.2 Å². The molecule has 20 heavy (non-hydrogen) atoms. The molecule has 0 bridgehead atoms. The van der Waals surface area contributed by atoms with Crippen molar-refractivity contribution in [2.45, 2.75) is 53.5 Å². The predicted molar refractivity (Wildman–Crippen MR) is 83.8 cm³/mol. The van der Waals surface area contributed by atoms with Crippen molar-refractivity contribution >= 4 is 5.82 Å². The summed E-state index contributed by atoms with van der Waals surface area (Å²) in [5, 5.41) is 8.74. The lowest BCUT2D eigenvalue weighted by Crippen LogP contribution is -2.28. The van der Waals surface area contributed by atoms with Crippen LogP contribution in [0.4, 0.5) is 5.82 Å². The number of anilines is 1. The molecule has 0 saturated carbocycles. The molecule has 0 aromatic carbocycles. The third kappa shape index (κ3) is 3.11. The lowest BCUT2D eigenvalue weighted by atomic mass is 9.89. The molecule has 4 heteroatoms. The van der Waals surface area contributed by atoms with E-state index in [0.717, 1.165) is 36.4 Å². The molecule has 1 atom stereocenters. The topological polar surface area (TPSA) is 55.0 Å². The first-order chi connectivity index (χ1) is 9.54. The molecule has 1 aliphatic rings. The first kappa shape index (κ1) is 15.2. The van der Waals surface area contributed by atoms with E-state index in [1.54, 1.807) is 0 Å². The molecule has 1 fully saturated rings. The molecule has 1 aliphatic heterocycles. The Labute approximate surface area is 122 Å². The highest BCUT2D eigenvalue weighted by Gasteiger charge is 2.22. The minimum atomic E-state index is 0.543. The van der Waals surface area contributed by atoms with E-state index in [1.165, 1.54) is 30.4 Å². The van der Waals surface area contributed by atoms with Crippen molar-refractivity contribution < 1.29 is 0 Å². The van der Waals surface area contributed by atoms with E-state index < -0.39 is 0 Å². The van der Waals surface area contributed by atoms with Gasteiger partial charge in [-0.3, -0.25) is 0 Å². The Morgan fingerprint density at radius 2 is 1.95 bits per heavy atom. The number of hydrogen-bond donors (Lipinski definition) is 1. The first-order valence-corrected chi connectivity index (χ1v) is 7.82. The quantitative estimate of drug-likeness (QED) is 0.922. The van der Waals surface area contributed by atoms with Crippen LogP contribution < -0.4 is 10.6 Å². The molecule has 1 saturated heterocycles. The van der Waals surface area contributed by atoms with Crippen LogP contribution in [0.1, 0.15) is 49.9 Å². The van der Waals surface area contributed by atoms with Gasteiger partial charge in [0.05, 0.1) is 5.69 Å². The Kier molecular flexibility index (Phi) is 4.97. The van der Waals surface area contributed by atoms with Gasteiger partial charge in [0.2, 0.25) is 0 Å². The molecule has 0 amide bonds. The molecule has 2 rings (SSSR count). The van der Waals surface area contributed by atoms with Crippen LogP contribution in [0, 0.1) is 25.7 Å². The Morgan fingerprint density at radius 3 is 2.60 bits per heavy atom. The maximum absolute atomic E-state index is 5.95. The monoisotopic (exact) mass is 276 g/mol. The molecule has 112 valence electrons. The van der Waals surface area contributed by atoms with Crippen molar-refractivity contribution in [2.75, 3.05) is 18.0 Å². The van der Waals surface area contributed by atoms with E-state index in [2.05, 4.69) is 35.9 Å². The second-order valence-electron chi connectivity index (χ2n) is 6.34. The highest BCUT2D eigenvalue weighted by Crippen LogP contribution is 2.28. The molecular formula is C16H28N4. The molecule has 4 nitrogen and oxygen atoms in total. The standard InChI is InChI=1S/C16H28N4/c1-11(2)14-6-5-8-20(9-7-14)16-15(10-17)12(3)13(4)18-19-16/h11,14H,5-10,17H2,1-4H3. The van der Waals surface area contributed by atoms with Crippen LogP contribution in [0.25, 0.3) is 0 Å². The second-order valence-corrected chi connectivity index (χ2v) is 6.34. The van der Waals surface area contributed by atoms with Crippen molar-refractivity contribution in [3.8, 4) is 0 Å². The predicted octanol–water partition coefficient (Wildman–Crippen LogP) is 2.81. The molecule has 0 spiro atoms. The first-order valence-electron chi connectivity index (χ1n) is 7.82. The number of nitrogens with two attached hydrogens (primary N) is 1. The fraction of sp³-hybridized carbons (Fsp3) is 0.750. The van der Waals surface area contributed by atoms with Gasteiger partial charge in [-0.05, 0) is 50.5 Å². The van der Waals surface area contributed by atoms with Crippen molar-refractivity contribution in [3.05, 3.63) is 16.8 Å². The fourth-order valence-electron chi connectivity index (χ4n) is 3.14. The number of nitrogens with zero attached hydrogens (tertiary/aromatic N) is 3. The van der Waals surface area contributed by atoms with Gasteiger partial charge in [0, 0.05) is 25.2 Å². The van der Waals surface area contributed by atoms with Gasteiger partial charge in [-0.1, -0.05) is 13.8 Å². The van der Waals surface area contributed by atoms with Crippen LogP contribution in [0.5, 0.6) is 0 Å². The van der Waals surface area contributed by atoms with Crippen LogP contribution in [-0.4, -0.2) is 23.3 Å². The summed E-state index contributed by atoms with van der Waals surface area (Å²) in [4.78, 5) is 2.39. The number of aryl methyl sites for hydroxylation is 1. The molecule has 1 aromatic heterocycles. The summed E-state index contributed by atoms with van der Waals surface area (Å²) >= 11 is 0. The number of hydrogen-bond acceptors (Lipinski definition) is 4. The summed E-state index contributed by atoms with van der Waals surface area (Å²) in [7, 11) is 0. The lowest BCUT2D eigenvalue weighted by molar-refractivity contribution is 0.351. The average Bonchev–Trinajstić information content (AvgIpc) is 2.67. The highest BCUT2D eigenvalue weighted by atomic mass is 15.3. The normalized spacial score (nSPS) is 20.3. The smallest absolute Gasteiger partial charge is 0.156 e. The Bertz CT molecular complexity index is 456. The molecule has 0 radical (unpaired) electrons. The fourth-order valence-corrected chi connectivity index (χ4v) is 3.14. The zero-order valence-electron chi connectivity index (χ0n) is 13.3. The third-order valence-corrected chi connectivity index (χ3v) is 4.78. The van der Waals surface area contributed by atoms with Gasteiger partial charge in [-0.15, -0.1) is 5.10 Å². The molecule has 1 aromatic rings. The van der Waals surface area contributed by atoms with E-state index in [4.69, 9.17) is 5.73 Å². The lowest BCUT2D eigenvalue weighted by Gasteiger charge is -2.25. The van der Waals surface area contributed by atoms with Crippen LogP contribution >= 0.6 is 0 Å². The summed E-state index contributed by atoms with van der Waals surface area (Å²) < 4.78 is 0. The van der Waals surface area contributed by atoms with Gasteiger partial charge in [-0.25, -0.2) is 0 Å². The van der Waals surface area contributed by atoms with Crippen LogP contribution in [0.15, 0.2) is 0 Å². The van der Waals surface area contributed by atoms with Crippen molar-refractivity contribution in [1.29, 1.82) is 0 Å². The van der Waals surface area contributed by atoms with E-state index in [9.17, 15) is 0 Å². The third-order valence-electron chi connectivity index (χ3n) is 4.78. The maximum Gasteiger partial charge on any atom is 0.156 e. The largest absolute Gasteiger partial charge is 0.355 e. The van der Waals surface area contributed by atoms with Gasteiger partial charge in [-0.2, -0.15) is 5.10 Å². The minimum absolute atomic E-state index is 0.543. The molecule has 0 aliphatic carbocycles. The Balaban J connectivity index is 2.22. The SMILES string of the molecule is Cc1nnc(N2CCCC(C(C)C)CC2)c(CN)c1C. The minimum Gasteiger partial charge on any atom is -0.355 e. The van der Waals surface area contributed by atoms with E-state index in [-0.39, 0.29) is 0 Å². The van der Waals surface area contributed by atoms with E-state index in [1.807, 2.05) is 6.92 Å². The summed E-state index contributed by atoms with van der Waals surface area (Å²) in [6.07, 6.45) is 3.81. The number of rotatable bonds is 3. The summed E-state index contributed by atoms with van der Waals surface area (Å²) in [5.41, 5.74) is 9.30. The second kappa shape index (κ2) is 6.53.